The molecule has 0 saturated carbocycles. The van der Waals surface area contributed by atoms with E-state index in [9.17, 15) is 0 Å². The Hall–Kier alpha value is -1.23. The molecule has 1 aromatic heterocycles. The van der Waals surface area contributed by atoms with Gasteiger partial charge in [-0.05, 0) is 51.6 Å². The van der Waals surface area contributed by atoms with Crippen LogP contribution < -0.4 is 10.6 Å². The molecule has 0 radical (unpaired) electrons. The molecular formula is C14H25N5. The Morgan fingerprint density at radius 1 is 1.26 bits per heavy atom. The largest absolute Gasteiger partial charge is 0.350 e. The monoisotopic (exact) mass is 263 g/mol. The normalized spacial score (nSPS) is 21.1. The highest BCUT2D eigenvalue weighted by Crippen LogP contribution is 2.17. The smallest absolute Gasteiger partial charge is 0.243 e. The summed E-state index contributed by atoms with van der Waals surface area (Å²) in [5.74, 6) is 1.32. The van der Waals surface area contributed by atoms with Gasteiger partial charge in [-0.3, -0.25) is 0 Å². The molecule has 106 valence electrons. The minimum atomic E-state index is 0.381. The highest BCUT2D eigenvalue weighted by molar-refractivity contribution is 5.27. The lowest BCUT2D eigenvalue weighted by Crippen LogP contribution is -2.39. The Bertz CT molecular complexity index is 401. The maximum Gasteiger partial charge on any atom is 0.243 e. The number of hydrogen-bond donors (Lipinski definition) is 2. The molecule has 1 aliphatic rings. The second kappa shape index (κ2) is 6.80. The third-order valence-electron chi connectivity index (χ3n) is 3.91. The third-order valence-corrected chi connectivity index (χ3v) is 3.91. The minimum Gasteiger partial charge on any atom is -0.350 e. The summed E-state index contributed by atoms with van der Waals surface area (Å²) in [6.45, 7) is 8.64. The van der Waals surface area contributed by atoms with Crippen molar-refractivity contribution in [3.05, 3.63) is 11.4 Å². The van der Waals surface area contributed by atoms with E-state index in [1.165, 1.54) is 12.8 Å². The fourth-order valence-electron chi connectivity index (χ4n) is 2.63. The van der Waals surface area contributed by atoms with Crippen LogP contribution in [0.2, 0.25) is 0 Å². The number of piperidine rings is 1. The Morgan fingerprint density at radius 3 is 2.68 bits per heavy atom. The average molecular weight is 263 g/mol. The lowest BCUT2D eigenvalue weighted by atomic mass is 9.93. The van der Waals surface area contributed by atoms with Gasteiger partial charge in [0.1, 0.15) is 0 Å². The SMILES string of the molecule is CCc1nnc(NC(C)C2CCCNC2)nc1CC. The van der Waals surface area contributed by atoms with E-state index in [1.807, 2.05) is 0 Å². The number of nitrogens with one attached hydrogen (secondary N) is 2. The average Bonchev–Trinajstić information content (AvgIpc) is 2.48. The first kappa shape index (κ1) is 14.2. The first-order valence-electron chi connectivity index (χ1n) is 7.44. The van der Waals surface area contributed by atoms with Crippen LogP contribution in [-0.4, -0.2) is 34.3 Å². The highest BCUT2D eigenvalue weighted by atomic mass is 15.2. The molecule has 0 spiro atoms. The van der Waals surface area contributed by atoms with Gasteiger partial charge in [-0.1, -0.05) is 13.8 Å². The van der Waals surface area contributed by atoms with E-state index in [0.717, 1.165) is 37.3 Å². The third kappa shape index (κ3) is 3.62. The van der Waals surface area contributed by atoms with Gasteiger partial charge in [-0.25, -0.2) is 4.98 Å². The van der Waals surface area contributed by atoms with Crippen LogP contribution in [0.4, 0.5) is 5.95 Å². The van der Waals surface area contributed by atoms with Gasteiger partial charge in [0.15, 0.2) is 0 Å². The second-order valence-corrected chi connectivity index (χ2v) is 5.28. The maximum absolute atomic E-state index is 4.59. The van der Waals surface area contributed by atoms with Crippen molar-refractivity contribution in [3.8, 4) is 0 Å². The molecule has 0 aliphatic carbocycles. The van der Waals surface area contributed by atoms with Crippen LogP contribution >= 0.6 is 0 Å². The standard InChI is InChI=1S/C14H25N5/c1-4-12-13(5-2)18-19-14(17-12)16-10(3)11-7-6-8-15-9-11/h10-11,15H,4-9H2,1-3H3,(H,16,17,19). The zero-order valence-electron chi connectivity index (χ0n) is 12.2. The van der Waals surface area contributed by atoms with Gasteiger partial charge in [-0.2, -0.15) is 5.10 Å². The van der Waals surface area contributed by atoms with Crippen molar-refractivity contribution in [2.24, 2.45) is 5.92 Å². The van der Waals surface area contributed by atoms with E-state index >= 15 is 0 Å². The second-order valence-electron chi connectivity index (χ2n) is 5.28. The summed E-state index contributed by atoms with van der Waals surface area (Å²) < 4.78 is 0. The molecule has 0 bridgehead atoms. The van der Waals surface area contributed by atoms with Crippen molar-refractivity contribution in [1.29, 1.82) is 0 Å². The Morgan fingerprint density at radius 2 is 2.05 bits per heavy atom. The summed E-state index contributed by atoms with van der Waals surface area (Å²) in [6.07, 6.45) is 4.32. The molecule has 5 nitrogen and oxygen atoms in total. The molecule has 2 heterocycles. The number of nitrogens with zero attached hydrogens (tertiary/aromatic N) is 3. The van der Waals surface area contributed by atoms with Gasteiger partial charge < -0.3 is 10.6 Å². The summed E-state index contributed by atoms with van der Waals surface area (Å²) in [5, 5.41) is 15.3. The number of anilines is 1. The van der Waals surface area contributed by atoms with Crippen LogP contribution in [-0.2, 0) is 12.8 Å². The van der Waals surface area contributed by atoms with Gasteiger partial charge >= 0.3 is 0 Å². The Kier molecular flexibility index (Phi) is 5.07. The molecule has 1 saturated heterocycles. The molecule has 1 fully saturated rings. The molecule has 1 aliphatic heterocycles. The quantitative estimate of drug-likeness (QED) is 0.848. The van der Waals surface area contributed by atoms with Crippen LogP contribution in [0, 0.1) is 5.92 Å². The van der Waals surface area contributed by atoms with Gasteiger partial charge in [0, 0.05) is 6.04 Å². The molecule has 0 amide bonds. The molecular weight excluding hydrogens is 238 g/mol. The van der Waals surface area contributed by atoms with E-state index < -0.39 is 0 Å². The molecule has 2 N–H and O–H groups in total. The number of aryl methyl sites for hydroxylation is 2. The minimum absolute atomic E-state index is 0.381. The highest BCUT2D eigenvalue weighted by Gasteiger charge is 2.20. The van der Waals surface area contributed by atoms with Gasteiger partial charge in [0.25, 0.3) is 0 Å². The van der Waals surface area contributed by atoms with Crippen LogP contribution in [0.5, 0.6) is 0 Å². The fourth-order valence-corrected chi connectivity index (χ4v) is 2.63. The van der Waals surface area contributed by atoms with E-state index in [1.54, 1.807) is 0 Å². The van der Waals surface area contributed by atoms with Gasteiger partial charge in [0.2, 0.25) is 5.95 Å². The molecule has 1 aromatic rings. The summed E-state index contributed by atoms with van der Waals surface area (Å²) in [7, 11) is 0. The molecule has 2 atom stereocenters. The summed E-state index contributed by atoms with van der Waals surface area (Å²) in [5.41, 5.74) is 2.08. The zero-order chi connectivity index (χ0) is 13.7. The van der Waals surface area contributed by atoms with E-state index in [0.29, 0.717) is 17.9 Å². The zero-order valence-corrected chi connectivity index (χ0v) is 12.2. The Balaban J connectivity index is 2.01. The van der Waals surface area contributed by atoms with Crippen molar-refractivity contribution in [2.75, 3.05) is 18.4 Å². The van der Waals surface area contributed by atoms with Crippen LogP contribution in [0.3, 0.4) is 0 Å². The lowest BCUT2D eigenvalue weighted by Gasteiger charge is -2.28. The lowest BCUT2D eigenvalue weighted by molar-refractivity contribution is 0.346. The van der Waals surface area contributed by atoms with Crippen molar-refractivity contribution >= 4 is 5.95 Å². The van der Waals surface area contributed by atoms with E-state index in [2.05, 4.69) is 46.6 Å². The van der Waals surface area contributed by atoms with Crippen molar-refractivity contribution in [2.45, 2.75) is 52.5 Å². The summed E-state index contributed by atoms with van der Waals surface area (Å²) in [4.78, 5) is 4.59. The fraction of sp³-hybridized carbons (Fsp3) is 0.786. The van der Waals surface area contributed by atoms with E-state index in [4.69, 9.17) is 0 Å². The van der Waals surface area contributed by atoms with Gasteiger partial charge in [0.05, 0.1) is 11.4 Å². The number of rotatable bonds is 5. The summed E-state index contributed by atoms with van der Waals surface area (Å²) >= 11 is 0. The van der Waals surface area contributed by atoms with Gasteiger partial charge in [-0.15, -0.1) is 5.10 Å². The molecule has 2 rings (SSSR count). The predicted octanol–water partition coefficient (Wildman–Crippen LogP) is 1.80. The van der Waals surface area contributed by atoms with Crippen LogP contribution in [0.15, 0.2) is 0 Å². The van der Waals surface area contributed by atoms with Crippen LogP contribution in [0.1, 0.15) is 45.0 Å². The van der Waals surface area contributed by atoms with Crippen molar-refractivity contribution in [1.82, 2.24) is 20.5 Å². The molecule has 5 heteroatoms. The molecule has 2 unspecified atom stereocenters. The first-order valence-corrected chi connectivity index (χ1v) is 7.44. The topological polar surface area (TPSA) is 62.7 Å². The van der Waals surface area contributed by atoms with Crippen molar-refractivity contribution < 1.29 is 0 Å². The molecule has 0 aromatic carbocycles. The summed E-state index contributed by atoms with van der Waals surface area (Å²) in [6, 6.07) is 0.381. The maximum atomic E-state index is 4.59. The van der Waals surface area contributed by atoms with E-state index in [-0.39, 0.29) is 0 Å². The molecule has 19 heavy (non-hydrogen) atoms. The van der Waals surface area contributed by atoms with Crippen molar-refractivity contribution in [3.63, 3.8) is 0 Å². The predicted molar refractivity (Wildman–Crippen MR) is 77.3 cm³/mol. The number of aromatic nitrogens is 3. The Labute approximate surface area is 115 Å². The van der Waals surface area contributed by atoms with Crippen LogP contribution in [0.25, 0.3) is 0 Å². The number of hydrogen-bond acceptors (Lipinski definition) is 5. The first-order chi connectivity index (χ1) is 9.24.